The molecule has 0 radical (unpaired) electrons. The lowest BCUT2D eigenvalue weighted by Gasteiger charge is -2.44. The Morgan fingerprint density at radius 3 is 2.82 bits per heavy atom. The predicted octanol–water partition coefficient (Wildman–Crippen LogP) is 2.98. The van der Waals surface area contributed by atoms with Gasteiger partial charge in [-0.05, 0) is 38.8 Å². The van der Waals surface area contributed by atoms with E-state index in [4.69, 9.17) is 15.2 Å². The number of carbonyl (C=O) groups excluding carboxylic acids is 1. The number of esters is 1. The molecule has 1 heterocycles. The highest BCUT2D eigenvalue weighted by Gasteiger charge is 2.38. The number of hydrogen-bond acceptors (Lipinski definition) is 5. The molecule has 0 bridgehead atoms. The molecule has 1 aromatic rings. The van der Waals surface area contributed by atoms with E-state index in [0.717, 1.165) is 17.9 Å². The van der Waals surface area contributed by atoms with E-state index in [1.165, 1.54) is 0 Å². The van der Waals surface area contributed by atoms with E-state index in [1.54, 1.807) is 0 Å². The second-order valence-electron chi connectivity index (χ2n) is 6.28. The number of fused-ring (bicyclic) bond motifs is 1. The minimum atomic E-state index is -0.390. The quantitative estimate of drug-likeness (QED) is 0.669. The van der Waals surface area contributed by atoms with Crippen molar-refractivity contribution >= 4 is 17.3 Å². The largest absolute Gasteiger partial charge is 0.484 e. The fourth-order valence-electron chi connectivity index (χ4n) is 2.83. The van der Waals surface area contributed by atoms with Crippen molar-refractivity contribution < 1.29 is 14.3 Å². The average Bonchev–Trinajstić information content (AvgIpc) is 2.44. The highest BCUT2D eigenvalue weighted by Crippen LogP contribution is 2.42. The van der Waals surface area contributed by atoms with E-state index in [0.29, 0.717) is 25.3 Å². The molecule has 1 aromatic carbocycles. The van der Waals surface area contributed by atoms with Crippen LogP contribution in [-0.4, -0.2) is 30.8 Å². The molecule has 22 heavy (non-hydrogen) atoms. The first-order valence-corrected chi connectivity index (χ1v) is 7.90. The number of ether oxygens (including phenoxy) is 2. The lowest BCUT2D eigenvalue weighted by molar-refractivity contribution is -0.145. The summed E-state index contributed by atoms with van der Waals surface area (Å²) in [5, 5.41) is 0. The summed E-state index contributed by atoms with van der Waals surface area (Å²) >= 11 is 0. The van der Waals surface area contributed by atoms with Crippen LogP contribution in [0.1, 0.15) is 40.5 Å². The van der Waals surface area contributed by atoms with E-state index in [1.807, 2.05) is 50.8 Å². The number of hydrogen-bond donors (Lipinski definition) is 1. The van der Waals surface area contributed by atoms with Crippen LogP contribution in [0, 0.1) is 0 Å². The Bertz CT molecular complexity index is 543. The summed E-state index contributed by atoms with van der Waals surface area (Å²) in [4.78, 5) is 14.5. The molecule has 5 heteroatoms. The zero-order chi connectivity index (χ0) is 16.3. The summed E-state index contributed by atoms with van der Waals surface area (Å²) in [5.41, 5.74) is 7.16. The van der Waals surface area contributed by atoms with Gasteiger partial charge in [0.2, 0.25) is 0 Å². The van der Waals surface area contributed by atoms with Crippen LogP contribution in [0.4, 0.5) is 11.4 Å². The summed E-state index contributed by atoms with van der Waals surface area (Å²) < 4.78 is 11.4. The van der Waals surface area contributed by atoms with Crippen molar-refractivity contribution in [3.63, 3.8) is 0 Å². The van der Waals surface area contributed by atoms with Crippen molar-refractivity contribution in [3.8, 4) is 5.75 Å². The molecule has 5 nitrogen and oxygen atoms in total. The Morgan fingerprint density at radius 2 is 2.18 bits per heavy atom. The van der Waals surface area contributed by atoms with Gasteiger partial charge in [-0.15, -0.1) is 0 Å². The van der Waals surface area contributed by atoms with Gasteiger partial charge >= 0.3 is 5.97 Å². The van der Waals surface area contributed by atoms with Crippen LogP contribution >= 0.6 is 0 Å². The van der Waals surface area contributed by atoms with E-state index in [9.17, 15) is 4.79 Å². The number of rotatable bonds is 5. The summed E-state index contributed by atoms with van der Waals surface area (Å²) in [6.45, 7) is 9.03. The first-order valence-electron chi connectivity index (χ1n) is 7.90. The molecule has 1 aliphatic heterocycles. The molecule has 1 atom stereocenters. The lowest BCUT2D eigenvalue weighted by atomic mass is 10.0. The predicted molar refractivity (Wildman–Crippen MR) is 88.2 cm³/mol. The molecule has 2 N–H and O–H groups in total. The number of anilines is 2. The van der Waals surface area contributed by atoms with Gasteiger partial charge in [0.25, 0.3) is 0 Å². The smallest absolute Gasteiger partial charge is 0.328 e. The monoisotopic (exact) mass is 306 g/mol. The zero-order valence-corrected chi connectivity index (χ0v) is 13.9. The molecule has 1 aliphatic rings. The number of carbonyl (C=O) groups is 1. The van der Waals surface area contributed by atoms with Crippen molar-refractivity contribution in [1.82, 2.24) is 0 Å². The number of nitrogens with zero attached hydrogens (tertiary/aromatic N) is 1. The average molecular weight is 306 g/mol. The molecule has 122 valence electrons. The SMILES string of the molecule is CCCOC(=O)C(CC)N1CC(C)(C)Oc2cccc(N)c21. The Balaban J connectivity index is 2.38. The molecule has 0 spiro atoms. The third-order valence-corrected chi connectivity index (χ3v) is 3.74. The Kier molecular flexibility index (Phi) is 4.84. The van der Waals surface area contributed by atoms with Gasteiger partial charge < -0.3 is 20.1 Å². The summed E-state index contributed by atoms with van der Waals surface area (Å²) in [5.74, 6) is 0.522. The van der Waals surface area contributed by atoms with Gasteiger partial charge in [0, 0.05) is 0 Å². The second kappa shape index (κ2) is 6.46. The zero-order valence-electron chi connectivity index (χ0n) is 13.9. The topological polar surface area (TPSA) is 64.8 Å². The maximum absolute atomic E-state index is 12.4. The third-order valence-electron chi connectivity index (χ3n) is 3.74. The molecule has 0 saturated carbocycles. The van der Waals surface area contributed by atoms with Crippen molar-refractivity contribution in [3.05, 3.63) is 18.2 Å². The van der Waals surface area contributed by atoms with E-state index < -0.39 is 0 Å². The van der Waals surface area contributed by atoms with E-state index >= 15 is 0 Å². The molecule has 0 fully saturated rings. The minimum Gasteiger partial charge on any atom is -0.484 e. The lowest BCUT2D eigenvalue weighted by Crippen LogP contribution is -2.53. The van der Waals surface area contributed by atoms with Gasteiger partial charge in [-0.25, -0.2) is 4.79 Å². The first kappa shape index (κ1) is 16.5. The number of nitrogen functional groups attached to an aromatic ring is 1. The van der Waals surface area contributed by atoms with Crippen molar-refractivity contribution in [2.75, 3.05) is 23.8 Å². The fourth-order valence-corrected chi connectivity index (χ4v) is 2.83. The standard InChI is InChI=1S/C17H26N2O3/c1-5-10-21-16(20)13(6-2)19-11-17(3,4)22-14-9-7-8-12(18)15(14)19/h7-9,13H,5-6,10-11,18H2,1-4H3. The van der Waals surface area contributed by atoms with Gasteiger partial charge in [0.05, 0.1) is 18.8 Å². The molecular weight excluding hydrogens is 280 g/mol. The van der Waals surface area contributed by atoms with Gasteiger partial charge in [-0.2, -0.15) is 0 Å². The Hall–Kier alpha value is -1.91. The summed E-state index contributed by atoms with van der Waals surface area (Å²) in [6.07, 6.45) is 1.47. The van der Waals surface area contributed by atoms with Crippen molar-refractivity contribution in [2.45, 2.75) is 52.2 Å². The second-order valence-corrected chi connectivity index (χ2v) is 6.28. The fraction of sp³-hybridized carbons (Fsp3) is 0.588. The van der Waals surface area contributed by atoms with Crippen LogP contribution in [0.25, 0.3) is 0 Å². The molecule has 0 aliphatic carbocycles. The van der Waals surface area contributed by atoms with Crippen LogP contribution in [0.5, 0.6) is 5.75 Å². The number of benzene rings is 1. The number of nitrogens with two attached hydrogens (primary N) is 1. The highest BCUT2D eigenvalue weighted by molar-refractivity contribution is 5.85. The maximum Gasteiger partial charge on any atom is 0.328 e. The normalized spacial score (nSPS) is 17.4. The van der Waals surface area contributed by atoms with Gasteiger partial charge in [-0.1, -0.05) is 19.9 Å². The van der Waals surface area contributed by atoms with Gasteiger partial charge in [0.1, 0.15) is 23.1 Å². The molecule has 0 aromatic heterocycles. The first-order chi connectivity index (χ1) is 10.4. The van der Waals surface area contributed by atoms with Crippen LogP contribution < -0.4 is 15.4 Å². The highest BCUT2D eigenvalue weighted by atomic mass is 16.5. The Morgan fingerprint density at radius 1 is 1.45 bits per heavy atom. The van der Waals surface area contributed by atoms with Gasteiger partial charge in [0.15, 0.2) is 0 Å². The van der Waals surface area contributed by atoms with Crippen LogP contribution in [0.15, 0.2) is 18.2 Å². The minimum absolute atomic E-state index is 0.198. The molecule has 0 amide bonds. The van der Waals surface area contributed by atoms with Crippen molar-refractivity contribution in [2.24, 2.45) is 0 Å². The summed E-state index contributed by atoms with van der Waals surface area (Å²) in [7, 11) is 0. The van der Waals surface area contributed by atoms with E-state index in [-0.39, 0.29) is 17.6 Å². The molecular formula is C17H26N2O3. The Labute approximate surface area is 132 Å². The van der Waals surface area contributed by atoms with Crippen LogP contribution in [0.2, 0.25) is 0 Å². The summed E-state index contributed by atoms with van der Waals surface area (Å²) in [6, 6.07) is 5.24. The molecule has 1 unspecified atom stereocenters. The third kappa shape index (κ3) is 3.29. The molecule has 2 rings (SSSR count). The van der Waals surface area contributed by atoms with Gasteiger partial charge in [-0.3, -0.25) is 0 Å². The van der Waals surface area contributed by atoms with Crippen LogP contribution in [-0.2, 0) is 9.53 Å². The van der Waals surface area contributed by atoms with E-state index in [2.05, 4.69) is 0 Å². The van der Waals surface area contributed by atoms with Crippen molar-refractivity contribution in [1.29, 1.82) is 0 Å². The molecule has 0 saturated heterocycles. The number of para-hydroxylation sites is 1. The maximum atomic E-state index is 12.4. The van der Waals surface area contributed by atoms with Crippen LogP contribution in [0.3, 0.4) is 0 Å².